The number of hydrogen-bond acceptors (Lipinski definition) is 4. The van der Waals surface area contributed by atoms with Crippen molar-refractivity contribution in [2.24, 2.45) is 0 Å². The molecule has 1 N–H and O–H groups in total. The number of halogens is 3. The average molecular weight is 415 g/mol. The lowest BCUT2D eigenvalue weighted by atomic mass is 10.0. The van der Waals surface area contributed by atoms with Gasteiger partial charge in [0.1, 0.15) is 16.5 Å². The van der Waals surface area contributed by atoms with Crippen LogP contribution in [0.3, 0.4) is 0 Å². The van der Waals surface area contributed by atoms with Crippen molar-refractivity contribution >= 4 is 27.9 Å². The minimum atomic E-state index is -4.10. The molecular weight excluding hydrogens is 394 g/mol. The number of hydrogen-bond donors (Lipinski definition) is 1. The third kappa shape index (κ3) is 3.68. The zero-order valence-electron chi connectivity index (χ0n) is 14.6. The summed E-state index contributed by atoms with van der Waals surface area (Å²) >= 11 is 0. The summed E-state index contributed by atoms with van der Waals surface area (Å²) in [5.74, 6) is -1.72. The van der Waals surface area contributed by atoms with E-state index >= 15 is 0 Å². The van der Waals surface area contributed by atoms with E-state index in [1.165, 1.54) is 6.07 Å². The van der Waals surface area contributed by atoms with Gasteiger partial charge in [0.25, 0.3) is 0 Å². The van der Waals surface area contributed by atoms with Gasteiger partial charge in [0.15, 0.2) is 0 Å². The van der Waals surface area contributed by atoms with Gasteiger partial charge in [-0.15, -0.1) is 12.4 Å². The van der Waals surface area contributed by atoms with Crippen LogP contribution in [-0.4, -0.2) is 34.1 Å². The molecule has 0 amide bonds. The lowest BCUT2D eigenvalue weighted by molar-refractivity contribution is 0.435. The monoisotopic (exact) mass is 414 g/mol. The Morgan fingerprint density at radius 2 is 1.78 bits per heavy atom. The summed E-state index contributed by atoms with van der Waals surface area (Å²) < 4.78 is 52.9. The molecule has 0 atom stereocenters. The van der Waals surface area contributed by atoms with E-state index in [9.17, 15) is 17.2 Å². The number of benzene rings is 2. The van der Waals surface area contributed by atoms with Crippen LogP contribution in [0.1, 0.15) is 18.4 Å². The number of fused-ring (bicyclic) bond motifs is 1. The minimum absolute atomic E-state index is 0. The summed E-state index contributed by atoms with van der Waals surface area (Å²) in [4.78, 5) is 1.73. The number of nitrogens with zero attached hydrogens (tertiary/aromatic N) is 1. The van der Waals surface area contributed by atoms with E-state index in [1.807, 2.05) is 0 Å². The quantitative estimate of drug-likeness (QED) is 0.837. The fourth-order valence-electron chi connectivity index (χ4n) is 3.88. The molecule has 2 aromatic rings. The second kappa shape index (κ2) is 7.73. The van der Waals surface area contributed by atoms with Crippen LogP contribution in [0.5, 0.6) is 0 Å². The van der Waals surface area contributed by atoms with Gasteiger partial charge in [0.2, 0.25) is 9.84 Å². The van der Waals surface area contributed by atoms with Crippen LogP contribution in [0, 0.1) is 11.6 Å². The van der Waals surface area contributed by atoms with E-state index in [2.05, 4.69) is 10.2 Å². The Balaban J connectivity index is 0.00000210. The lowest BCUT2D eigenvalue weighted by Crippen LogP contribution is -2.42. The van der Waals surface area contributed by atoms with E-state index in [1.54, 1.807) is 12.1 Å². The third-order valence-electron chi connectivity index (χ3n) is 5.22. The predicted molar refractivity (Wildman–Crippen MR) is 102 cm³/mol. The maximum absolute atomic E-state index is 14.0. The molecule has 4 nitrogen and oxygen atoms in total. The topological polar surface area (TPSA) is 49.4 Å². The molecule has 0 unspecified atom stereocenters. The van der Waals surface area contributed by atoms with Gasteiger partial charge in [-0.1, -0.05) is 0 Å². The summed E-state index contributed by atoms with van der Waals surface area (Å²) in [5.41, 5.74) is 2.00. The van der Waals surface area contributed by atoms with Crippen LogP contribution in [-0.2, 0) is 16.3 Å². The molecule has 4 rings (SSSR count). The number of sulfone groups is 1. The lowest BCUT2D eigenvalue weighted by Gasteiger charge is -2.33. The van der Waals surface area contributed by atoms with Crippen LogP contribution >= 0.6 is 12.4 Å². The van der Waals surface area contributed by atoms with E-state index < -0.39 is 26.4 Å². The molecule has 0 bridgehead atoms. The molecular formula is C19H21ClF2N2O2S. The summed E-state index contributed by atoms with van der Waals surface area (Å²) in [5, 5.41) is 3.35. The summed E-state index contributed by atoms with van der Waals surface area (Å²) in [6, 6.07) is 7.85. The van der Waals surface area contributed by atoms with E-state index in [0.717, 1.165) is 68.3 Å². The number of anilines is 1. The van der Waals surface area contributed by atoms with Crippen LogP contribution in [0.2, 0.25) is 0 Å². The molecule has 2 aliphatic rings. The van der Waals surface area contributed by atoms with E-state index in [4.69, 9.17) is 0 Å². The van der Waals surface area contributed by atoms with Gasteiger partial charge < -0.3 is 10.2 Å². The van der Waals surface area contributed by atoms with Crippen LogP contribution < -0.4 is 10.2 Å². The maximum Gasteiger partial charge on any atom is 0.209 e. The molecule has 0 aromatic heterocycles. The number of rotatable bonds is 3. The van der Waals surface area contributed by atoms with Gasteiger partial charge in [0, 0.05) is 18.3 Å². The normalized spacial score (nSPS) is 17.5. The Bertz CT molecular complexity index is 947. The van der Waals surface area contributed by atoms with E-state index in [-0.39, 0.29) is 17.3 Å². The molecule has 146 valence electrons. The van der Waals surface area contributed by atoms with Crippen LogP contribution in [0.25, 0.3) is 0 Å². The fourth-order valence-corrected chi connectivity index (χ4v) is 5.27. The van der Waals surface area contributed by atoms with Crippen molar-refractivity contribution in [2.75, 3.05) is 24.5 Å². The fraction of sp³-hybridized carbons (Fsp3) is 0.368. The van der Waals surface area contributed by atoms with E-state index in [0.29, 0.717) is 6.04 Å². The first-order valence-corrected chi connectivity index (χ1v) is 10.3. The third-order valence-corrected chi connectivity index (χ3v) is 6.99. The first-order chi connectivity index (χ1) is 12.5. The van der Waals surface area contributed by atoms with Crippen molar-refractivity contribution in [3.8, 4) is 0 Å². The molecule has 2 aromatic carbocycles. The molecule has 27 heavy (non-hydrogen) atoms. The highest BCUT2D eigenvalue weighted by atomic mass is 35.5. The highest BCUT2D eigenvalue weighted by Crippen LogP contribution is 2.35. The van der Waals surface area contributed by atoms with Crippen molar-refractivity contribution in [3.63, 3.8) is 0 Å². The SMILES string of the molecule is Cl.O=S(=O)(c1ccc2c(c1)CCN2C1CCNCC1)c1cc(F)ccc1F. The molecule has 0 saturated carbocycles. The Kier molecular flexibility index (Phi) is 5.74. The minimum Gasteiger partial charge on any atom is -0.368 e. The Morgan fingerprint density at radius 3 is 2.52 bits per heavy atom. The molecule has 2 aliphatic heterocycles. The van der Waals surface area contributed by atoms with Crippen molar-refractivity contribution in [2.45, 2.75) is 35.1 Å². The van der Waals surface area contributed by atoms with Gasteiger partial charge in [-0.05, 0) is 74.3 Å². The van der Waals surface area contributed by atoms with Crippen molar-refractivity contribution in [1.29, 1.82) is 0 Å². The summed E-state index contributed by atoms with van der Waals surface area (Å²) in [6.45, 7) is 2.83. The molecule has 0 radical (unpaired) electrons. The average Bonchev–Trinajstić information content (AvgIpc) is 3.07. The maximum atomic E-state index is 14.0. The molecule has 1 saturated heterocycles. The van der Waals surface area contributed by atoms with Crippen LogP contribution in [0.4, 0.5) is 14.5 Å². The standard InChI is InChI=1S/C19H20F2N2O2S.ClH/c20-14-1-3-17(21)19(12-14)26(24,25)16-2-4-18-13(11-16)7-10-23(18)15-5-8-22-9-6-15;/h1-4,11-12,15,22H,5-10H2;1H. The second-order valence-electron chi connectivity index (χ2n) is 6.79. The van der Waals surface area contributed by atoms with Gasteiger partial charge >= 0.3 is 0 Å². The summed E-state index contributed by atoms with van der Waals surface area (Å²) in [7, 11) is -4.10. The highest BCUT2D eigenvalue weighted by molar-refractivity contribution is 7.91. The smallest absolute Gasteiger partial charge is 0.209 e. The van der Waals surface area contributed by atoms with Gasteiger partial charge in [0.05, 0.1) is 4.90 Å². The molecule has 0 spiro atoms. The van der Waals surface area contributed by atoms with Crippen LogP contribution in [0.15, 0.2) is 46.2 Å². The largest absolute Gasteiger partial charge is 0.368 e. The molecule has 0 aliphatic carbocycles. The number of piperidine rings is 1. The predicted octanol–water partition coefficient (Wildman–Crippen LogP) is 3.33. The Hall–Kier alpha value is -1.70. The first-order valence-electron chi connectivity index (χ1n) is 8.77. The van der Waals surface area contributed by atoms with Gasteiger partial charge in [-0.3, -0.25) is 0 Å². The van der Waals surface area contributed by atoms with Crippen molar-refractivity contribution in [3.05, 3.63) is 53.6 Å². The molecule has 2 heterocycles. The highest BCUT2D eigenvalue weighted by Gasteiger charge is 2.29. The molecule has 8 heteroatoms. The second-order valence-corrected chi connectivity index (χ2v) is 8.71. The zero-order valence-corrected chi connectivity index (χ0v) is 16.3. The van der Waals surface area contributed by atoms with Gasteiger partial charge in [-0.25, -0.2) is 17.2 Å². The van der Waals surface area contributed by atoms with Crippen molar-refractivity contribution < 1.29 is 17.2 Å². The Morgan fingerprint density at radius 1 is 1.04 bits per heavy atom. The first kappa shape index (κ1) is 20.0. The summed E-state index contributed by atoms with van der Waals surface area (Å²) in [6.07, 6.45) is 2.89. The van der Waals surface area contributed by atoms with Gasteiger partial charge in [-0.2, -0.15) is 0 Å². The number of nitrogens with one attached hydrogen (secondary N) is 1. The zero-order chi connectivity index (χ0) is 18.3. The molecule has 1 fully saturated rings. The Labute approximate surface area is 163 Å². The van der Waals surface area contributed by atoms with Crippen molar-refractivity contribution in [1.82, 2.24) is 5.32 Å².